The second-order valence-corrected chi connectivity index (χ2v) is 7.73. The molecule has 1 fully saturated rings. The van der Waals surface area contributed by atoms with Crippen LogP contribution in [0.3, 0.4) is 0 Å². The van der Waals surface area contributed by atoms with Crippen LogP contribution >= 0.6 is 11.6 Å². The van der Waals surface area contributed by atoms with Crippen LogP contribution in [0.5, 0.6) is 0 Å². The largest absolute Gasteiger partial charge is 0.398 e. The van der Waals surface area contributed by atoms with E-state index in [1.165, 1.54) is 6.07 Å². The molecule has 0 atom stereocenters. The van der Waals surface area contributed by atoms with Gasteiger partial charge in [-0.05, 0) is 31.0 Å². The first kappa shape index (κ1) is 20.2. The fourth-order valence-corrected chi connectivity index (χ4v) is 3.57. The van der Waals surface area contributed by atoms with Crippen molar-refractivity contribution in [3.63, 3.8) is 0 Å². The van der Waals surface area contributed by atoms with Gasteiger partial charge in [0.15, 0.2) is 0 Å². The van der Waals surface area contributed by atoms with E-state index >= 15 is 0 Å². The number of rotatable bonds is 7. The SMILES string of the molecule is Nc1ccnc2c1ccn2CC(=O)N(CC(=O)NCc1cccc(Cl)c1F)C1CC1. The van der Waals surface area contributed by atoms with Gasteiger partial charge in [-0.25, -0.2) is 9.37 Å². The standard InChI is InChI=1S/C21H21ClFN5O2/c22-16-3-1-2-13(20(16)23)10-26-18(29)11-28(14-4-5-14)19(30)12-27-9-7-15-17(24)6-8-25-21(15)27/h1-3,6-9,14H,4-5,10-12H2,(H2,24,25)(H,26,29). The predicted octanol–water partition coefficient (Wildman–Crippen LogP) is 2.72. The van der Waals surface area contributed by atoms with Crippen LogP contribution in [-0.2, 0) is 22.7 Å². The van der Waals surface area contributed by atoms with Crippen LogP contribution in [0.4, 0.5) is 10.1 Å². The van der Waals surface area contributed by atoms with E-state index in [0.29, 0.717) is 16.9 Å². The number of hydrogen-bond acceptors (Lipinski definition) is 4. The molecule has 0 unspecified atom stereocenters. The minimum atomic E-state index is -0.555. The molecule has 2 heterocycles. The molecule has 1 aromatic carbocycles. The molecule has 1 saturated carbocycles. The molecule has 3 aromatic rings. The number of nitrogens with one attached hydrogen (secondary N) is 1. The third-order valence-corrected chi connectivity index (χ3v) is 5.42. The van der Waals surface area contributed by atoms with Gasteiger partial charge < -0.3 is 20.5 Å². The zero-order valence-corrected chi connectivity index (χ0v) is 16.9. The number of pyridine rings is 1. The molecule has 3 N–H and O–H groups in total. The lowest BCUT2D eigenvalue weighted by Gasteiger charge is -2.22. The van der Waals surface area contributed by atoms with Crippen LogP contribution in [0.25, 0.3) is 11.0 Å². The smallest absolute Gasteiger partial charge is 0.243 e. The second-order valence-electron chi connectivity index (χ2n) is 7.32. The Balaban J connectivity index is 1.41. The summed E-state index contributed by atoms with van der Waals surface area (Å²) in [5.74, 6) is -1.08. The van der Waals surface area contributed by atoms with Crippen LogP contribution in [-0.4, -0.2) is 38.9 Å². The molecule has 30 heavy (non-hydrogen) atoms. The van der Waals surface area contributed by atoms with Crippen molar-refractivity contribution >= 4 is 40.1 Å². The van der Waals surface area contributed by atoms with Gasteiger partial charge in [-0.3, -0.25) is 9.59 Å². The molecule has 1 aliphatic rings. The topological polar surface area (TPSA) is 93.2 Å². The first-order valence-corrected chi connectivity index (χ1v) is 10.00. The Bertz CT molecular complexity index is 1110. The first-order valence-electron chi connectivity index (χ1n) is 9.62. The average molecular weight is 430 g/mol. The van der Waals surface area contributed by atoms with Crippen molar-refractivity contribution in [2.24, 2.45) is 0 Å². The lowest BCUT2D eigenvalue weighted by atomic mass is 10.2. The monoisotopic (exact) mass is 429 g/mol. The van der Waals surface area contributed by atoms with E-state index in [-0.39, 0.29) is 42.5 Å². The number of nitrogens with two attached hydrogens (primary N) is 1. The second kappa shape index (κ2) is 8.31. The van der Waals surface area contributed by atoms with Crippen LogP contribution < -0.4 is 11.1 Å². The van der Waals surface area contributed by atoms with E-state index in [4.69, 9.17) is 17.3 Å². The molecule has 7 nitrogen and oxygen atoms in total. The summed E-state index contributed by atoms with van der Waals surface area (Å²) in [4.78, 5) is 31.2. The van der Waals surface area contributed by atoms with Crippen molar-refractivity contribution in [2.45, 2.75) is 32.0 Å². The van der Waals surface area contributed by atoms with E-state index in [1.807, 2.05) is 6.07 Å². The number of hydrogen-bond donors (Lipinski definition) is 2. The summed E-state index contributed by atoms with van der Waals surface area (Å²) in [5, 5.41) is 3.45. The van der Waals surface area contributed by atoms with Gasteiger partial charge in [-0.15, -0.1) is 0 Å². The highest BCUT2D eigenvalue weighted by molar-refractivity contribution is 6.30. The highest BCUT2D eigenvalue weighted by Gasteiger charge is 2.34. The zero-order chi connectivity index (χ0) is 21.3. The number of carbonyl (C=O) groups is 2. The van der Waals surface area contributed by atoms with Gasteiger partial charge in [-0.1, -0.05) is 23.7 Å². The van der Waals surface area contributed by atoms with Gasteiger partial charge in [0.1, 0.15) is 18.0 Å². The summed E-state index contributed by atoms with van der Waals surface area (Å²) in [6.45, 7) is -0.0174. The first-order chi connectivity index (χ1) is 14.4. The van der Waals surface area contributed by atoms with Gasteiger partial charge in [0.2, 0.25) is 11.8 Å². The van der Waals surface area contributed by atoms with Crippen molar-refractivity contribution in [2.75, 3.05) is 12.3 Å². The Morgan fingerprint density at radius 2 is 2.10 bits per heavy atom. The van der Waals surface area contributed by atoms with Crippen molar-refractivity contribution in [3.05, 3.63) is 59.1 Å². The summed E-state index contributed by atoms with van der Waals surface area (Å²) in [7, 11) is 0. The Morgan fingerprint density at radius 1 is 1.30 bits per heavy atom. The Labute approximate surface area is 177 Å². The molecule has 0 aliphatic heterocycles. The number of nitrogens with zero attached hydrogens (tertiary/aromatic N) is 3. The van der Waals surface area contributed by atoms with Crippen LogP contribution in [0.15, 0.2) is 42.7 Å². The van der Waals surface area contributed by atoms with Crippen molar-refractivity contribution < 1.29 is 14.0 Å². The maximum absolute atomic E-state index is 14.0. The van der Waals surface area contributed by atoms with E-state index in [1.54, 1.807) is 40.1 Å². The van der Waals surface area contributed by atoms with Gasteiger partial charge in [0, 0.05) is 41.6 Å². The quantitative estimate of drug-likeness (QED) is 0.604. The highest BCUT2D eigenvalue weighted by Crippen LogP contribution is 2.27. The molecule has 2 amide bonds. The number of nitrogen functional groups attached to an aromatic ring is 1. The number of anilines is 1. The molecule has 0 radical (unpaired) electrons. The summed E-state index contributed by atoms with van der Waals surface area (Å²) < 4.78 is 15.7. The lowest BCUT2D eigenvalue weighted by Crippen LogP contribution is -2.43. The average Bonchev–Trinajstić information content (AvgIpc) is 3.48. The Kier molecular flexibility index (Phi) is 5.59. The molecule has 9 heteroatoms. The number of halogens is 2. The molecular weight excluding hydrogens is 409 g/mol. The molecule has 156 valence electrons. The van der Waals surface area contributed by atoms with Crippen LogP contribution in [0.1, 0.15) is 18.4 Å². The van der Waals surface area contributed by atoms with E-state index < -0.39 is 5.82 Å². The fraction of sp³-hybridized carbons (Fsp3) is 0.286. The lowest BCUT2D eigenvalue weighted by molar-refractivity contribution is -0.137. The van der Waals surface area contributed by atoms with Gasteiger partial charge in [0.05, 0.1) is 11.6 Å². The molecule has 0 bridgehead atoms. The third-order valence-electron chi connectivity index (χ3n) is 5.13. The Hall–Kier alpha value is -3.13. The number of benzene rings is 1. The Morgan fingerprint density at radius 3 is 2.87 bits per heavy atom. The van der Waals surface area contributed by atoms with Crippen molar-refractivity contribution in [3.8, 4) is 0 Å². The molecule has 4 rings (SSSR count). The van der Waals surface area contributed by atoms with Crippen LogP contribution in [0, 0.1) is 5.82 Å². The predicted molar refractivity (Wildman–Crippen MR) is 112 cm³/mol. The molecular formula is C21H21ClFN5O2. The molecule has 0 saturated heterocycles. The van der Waals surface area contributed by atoms with Crippen LogP contribution in [0.2, 0.25) is 5.02 Å². The minimum Gasteiger partial charge on any atom is -0.398 e. The fourth-order valence-electron chi connectivity index (χ4n) is 3.37. The number of aromatic nitrogens is 2. The molecule has 2 aromatic heterocycles. The summed E-state index contributed by atoms with van der Waals surface area (Å²) >= 11 is 5.77. The highest BCUT2D eigenvalue weighted by atomic mass is 35.5. The van der Waals surface area contributed by atoms with Gasteiger partial charge in [-0.2, -0.15) is 0 Å². The van der Waals surface area contributed by atoms with Gasteiger partial charge >= 0.3 is 0 Å². The normalized spacial score (nSPS) is 13.4. The summed E-state index contributed by atoms with van der Waals surface area (Å²) in [6.07, 6.45) is 5.08. The number of fused-ring (bicyclic) bond motifs is 1. The van der Waals surface area contributed by atoms with E-state index in [2.05, 4.69) is 10.3 Å². The van der Waals surface area contributed by atoms with Crippen molar-refractivity contribution in [1.82, 2.24) is 19.8 Å². The molecule has 1 aliphatic carbocycles. The third kappa shape index (κ3) is 4.23. The van der Waals surface area contributed by atoms with E-state index in [9.17, 15) is 14.0 Å². The minimum absolute atomic E-state index is 0.00333. The van der Waals surface area contributed by atoms with Gasteiger partial charge in [0.25, 0.3) is 0 Å². The maximum atomic E-state index is 14.0. The number of carbonyl (C=O) groups excluding carboxylic acids is 2. The zero-order valence-electron chi connectivity index (χ0n) is 16.1. The maximum Gasteiger partial charge on any atom is 0.243 e. The summed E-state index contributed by atoms with van der Waals surface area (Å²) in [6, 6.07) is 8.20. The molecule has 0 spiro atoms. The number of amides is 2. The van der Waals surface area contributed by atoms with Crippen molar-refractivity contribution in [1.29, 1.82) is 0 Å². The van der Waals surface area contributed by atoms with E-state index in [0.717, 1.165) is 18.2 Å². The summed E-state index contributed by atoms with van der Waals surface area (Å²) in [5.41, 5.74) is 7.46.